The van der Waals surface area contributed by atoms with E-state index in [9.17, 15) is 0 Å². The van der Waals surface area contributed by atoms with Gasteiger partial charge in [0.15, 0.2) is 0 Å². The summed E-state index contributed by atoms with van der Waals surface area (Å²) >= 11 is 0. The van der Waals surface area contributed by atoms with Gasteiger partial charge in [0, 0.05) is 24.3 Å². The van der Waals surface area contributed by atoms with E-state index < -0.39 is 0 Å². The Morgan fingerprint density at radius 2 is 2.00 bits per heavy atom. The molecule has 1 aliphatic carbocycles. The lowest BCUT2D eigenvalue weighted by atomic mass is 10.1. The van der Waals surface area contributed by atoms with Crippen molar-refractivity contribution in [3.05, 3.63) is 23.2 Å². The summed E-state index contributed by atoms with van der Waals surface area (Å²) in [4.78, 5) is 0. The number of hydrogen-bond acceptors (Lipinski definition) is 3. The van der Waals surface area contributed by atoms with E-state index in [2.05, 4.69) is 32.2 Å². The minimum Gasteiger partial charge on any atom is -0.464 e. The first kappa shape index (κ1) is 15.6. The van der Waals surface area contributed by atoms with Gasteiger partial charge < -0.3 is 14.5 Å². The van der Waals surface area contributed by atoms with E-state index in [1.54, 1.807) is 0 Å². The summed E-state index contributed by atoms with van der Waals surface area (Å²) in [6, 6.07) is 2.13. The van der Waals surface area contributed by atoms with Crippen LogP contribution in [0.4, 0.5) is 0 Å². The standard InChI is InChI=1S/C17H29NO2/c1-13-15(10-18-17(2,3)4)9-16(20-13)12-19-11-14-7-5-6-8-14/h9,14,18H,5-8,10-12H2,1-4H3. The third-order valence-electron chi connectivity index (χ3n) is 3.95. The monoisotopic (exact) mass is 279 g/mol. The molecule has 3 nitrogen and oxygen atoms in total. The van der Waals surface area contributed by atoms with Crippen LogP contribution < -0.4 is 5.32 Å². The Hall–Kier alpha value is -0.800. The predicted molar refractivity (Wildman–Crippen MR) is 81.7 cm³/mol. The van der Waals surface area contributed by atoms with Gasteiger partial charge in [0.2, 0.25) is 0 Å². The van der Waals surface area contributed by atoms with Crippen molar-refractivity contribution in [1.29, 1.82) is 0 Å². The van der Waals surface area contributed by atoms with Gasteiger partial charge in [-0.3, -0.25) is 0 Å². The lowest BCUT2D eigenvalue weighted by molar-refractivity contribution is 0.0767. The first-order valence-electron chi connectivity index (χ1n) is 7.85. The highest BCUT2D eigenvalue weighted by Crippen LogP contribution is 2.25. The van der Waals surface area contributed by atoms with Crippen molar-refractivity contribution in [2.24, 2.45) is 5.92 Å². The van der Waals surface area contributed by atoms with Crippen molar-refractivity contribution in [3.8, 4) is 0 Å². The van der Waals surface area contributed by atoms with Crippen LogP contribution in [0.2, 0.25) is 0 Å². The number of rotatable bonds is 6. The molecule has 3 heteroatoms. The molecule has 1 aliphatic rings. The van der Waals surface area contributed by atoms with E-state index >= 15 is 0 Å². The van der Waals surface area contributed by atoms with Gasteiger partial charge in [-0.2, -0.15) is 0 Å². The smallest absolute Gasteiger partial charge is 0.130 e. The highest BCUT2D eigenvalue weighted by atomic mass is 16.5. The van der Waals surface area contributed by atoms with Gasteiger partial charge >= 0.3 is 0 Å². The zero-order valence-electron chi connectivity index (χ0n) is 13.4. The van der Waals surface area contributed by atoms with Gasteiger partial charge in [-0.1, -0.05) is 12.8 Å². The predicted octanol–water partition coefficient (Wildman–Crippen LogP) is 4.18. The molecule has 0 unspecified atom stereocenters. The molecule has 1 aromatic heterocycles. The summed E-state index contributed by atoms with van der Waals surface area (Å²) in [6.07, 6.45) is 5.41. The highest BCUT2D eigenvalue weighted by Gasteiger charge is 2.16. The molecule has 1 heterocycles. The normalized spacial score (nSPS) is 17.0. The quantitative estimate of drug-likeness (QED) is 0.848. The lowest BCUT2D eigenvalue weighted by Gasteiger charge is -2.20. The van der Waals surface area contributed by atoms with Crippen molar-refractivity contribution < 1.29 is 9.15 Å². The Bertz CT molecular complexity index is 411. The minimum atomic E-state index is 0.128. The van der Waals surface area contributed by atoms with E-state index in [1.165, 1.54) is 31.2 Å². The van der Waals surface area contributed by atoms with Crippen LogP contribution in [-0.4, -0.2) is 12.1 Å². The van der Waals surface area contributed by atoms with Crippen molar-refractivity contribution in [3.63, 3.8) is 0 Å². The molecule has 0 spiro atoms. The Morgan fingerprint density at radius 1 is 1.30 bits per heavy atom. The van der Waals surface area contributed by atoms with Crippen LogP contribution in [-0.2, 0) is 17.9 Å². The average Bonchev–Trinajstić information content (AvgIpc) is 2.96. The maximum Gasteiger partial charge on any atom is 0.130 e. The molecule has 1 saturated carbocycles. The summed E-state index contributed by atoms with van der Waals surface area (Å²) in [5, 5.41) is 3.49. The Balaban J connectivity index is 1.77. The van der Waals surface area contributed by atoms with Gasteiger partial charge in [0.25, 0.3) is 0 Å². The molecule has 0 aliphatic heterocycles. The molecule has 1 fully saturated rings. The van der Waals surface area contributed by atoms with Crippen molar-refractivity contribution >= 4 is 0 Å². The fraction of sp³-hybridized carbons (Fsp3) is 0.765. The third kappa shape index (κ3) is 4.95. The fourth-order valence-corrected chi connectivity index (χ4v) is 2.70. The Labute approximate surface area is 123 Å². The second kappa shape index (κ2) is 6.77. The van der Waals surface area contributed by atoms with Crippen LogP contribution in [0.3, 0.4) is 0 Å². The van der Waals surface area contributed by atoms with Gasteiger partial charge in [-0.05, 0) is 52.5 Å². The van der Waals surface area contributed by atoms with Crippen LogP contribution >= 0.6 is 0 Å². The number of aryl methyl sites for hydroxylation is 1. The SMILES string of the molecule is Cc1oc(COCC2CCCC2)cc1CNC(C)(C)C. The van der Waals surface area contributed by atoms with Gasteiger partial charge in [-0.25, -0.2) is 0 Å². The van der Waals surface area contributed by atoms with Crippen molar-refractivity contribution in [2.75, 3.05) is 6.61 Å². The topological polar surface area (TPSA) is 34.4 Å². The molecule has 0 radical (unpaired) electrons. The van der Waals surface area contributed by atoms with E-state index in [-0.39, 0.29) is 5.54 Å². The van der Waals surface area contributed by atoms with E-state index in [0.29, 0.717) is 6.61 Å². The van der Waals surface area contributed by atoms with Crippen LogP contribution in [0, 0.1) is 12.8 Å². The summed E-state index contributed by atoms with van der Waals surface area (Å²) in [5.41, 5.74) is 1.36. The first-order chi connectivity index (χ1) is 9.44. The van der Waals surface area contributed by atoms with Crippen LogP contribution in [0.1, 0.15) is 63.5 Å². The van der Waals surface area contributed by atoms with E-state index in [4.69, 9.17) is 9.15 Å². The summed E-state index contributed by atoms with van der Waals surface area (Å²) in [5.74, 6) is 2.72. The van der Waals surface area contributed by atoms with Gasteiger partial charge in [0.1, 0.15) is 18.1 Å². The van der Waals surface area contributed by atoms with E-state index in [1.807, 2.05) is 6.92 Å². The summed E-state index contributed by atoms with van der Waals surface area (Å²) in [6.45, 7) is 10.9. The lowest BCUT2D eigenvalue weighted by Crippen LogP contribution is -2.35. The molecule has 114 valence electrons. The largest absolute Gasteiger partial charge is 0.464 e. The summed E-state index contributed by atoms with van der Waals surface area (Å²) in [7, 11) is 0. The molecular formula is C17H29NO2. The summed E-state index contributed by atoms with van der Waals surface area (Å²) < 4.78 is 11.6. The van der Waals surface area contributed by atoms with Crippen LogP contribution in [0.5, 0.6) is 0 Å². The second-order valence-electron chi connectivity index (χ2n) is 7.06. The Morgan fingerprint density at radius 3 is 2.65 bits per heavy atom. The highest BCUT2D eigenvalue weighted by molar-refractivity contribution is 5.20. The van der Waals surface area contributed by atoms with E-state index in [0.717, 1.165) is 30.6 Å². The molecule has 0 atom stereocenters. The maximum absolute atomic E-state index is 5.80. The minimum absolute atomic E-state index is 0.128. The first-order valence-corrected chi connectivity index (χ1v) is 7.85. The fourth-order valence-electron chi connectivity index (χ4n) is 2.70. The average molecular weight is 279 g/mol. The number of ether oxygens (including phenoxy) is 1. The molecule has 0 saturated heterocycles. The molecule has 0 bridgehead atoms. The molecule has 1 aromatic rings. The number of hydrogen-bond donors (Lipinski definition) is 1. The van der Waals surface area contributed by atoms with Crippen molar-refractivity contribution in [1.82, 2.24) is 5.32 Å². The maximum atomic E-state index is 5.80. The van der Waals surface area contributed by atoms with Crippen molar-refractivity contribution in [2.45, 2.75) is 72.1 Å². The number of nitrogens with one attached hydrogen (secondary N) is 1. The van der Waals surface area contributed by atoms with Gasteiger partial charge in [0.05, 0.1) is 0 Å². The molecule has 2 rings (SSSR count). The zero-order valence-corrected chi connectivity index (χ0v) is 13.4. The molecular weight excluding hydrogens is 250 g/mol. The molecule has 0 amide bonds. The molecule has 20 heavy (non-hydrogen) atoms. The molecule has 1 N–H and O–H groups in total. The number of furan rings is 1. The molecule has 0 aromatic carbocycles. The van der Waals surface area contributed by atoms with Gasteiger partial charge in [-0.15, -0.1) is 0 Å². The zero-order chi connectivity index (χ0) is 14.6. The Kier molecular flexibility index (Phi) is 5.28. The van der Waals surface area contributed by atoms with Crippen LogP contribution in [0.25, 0.3) is 0 Å². The second-order valence-corrected chi connectivity index (χ2v) is 7.06. The third-order valence-corrected chi connectivity index (χ3v) is 3.95. The van der Waals surface area contributed by atoms with Crippen LogP contribution in [0.15, 0.2) is 10.5 Å².